The van der Waals surface area contributed by atoms with Crippen molar-refractivity contribution in [1.82, 2.24) is 0 Å². The van der Waals surface area contributed by atoms with Gasteiger partial charge in [-0.15, -0.1) is 0 Å². The van der Waals surface area contributed by atoms with Crippen molar-refractivity contribution in [2.45, 2.75) is 6.18 Å². The molecule has 102 valence electrons. The third-order valence-corrected chi connectivity index (χ3v) is 3.43. The number of halogens is 4. The molecule has 1 aromatic rings. The third kappa shape index (κ3) is 4.83. The molecule has 4 nitrogen and oxygen atoms in total. The summed E-state index contributed by atoms with van der Waals surface area (Å²) in [6.45, 7) is 0.0167. The van der Waals surface area contributed by atoms with E-state index < -0.39 is 21.8 Å². The van der Waals surface area contributed by atoms with E-state index in [1.165, 1.54) is 6.07 Å². The molecule has 0 aliphatic heterocycles. The summed E-state index contributed by atoms with van der Waals surface area (Å²) in [4.78, 5) is 0. The first kappa shape index (κ1) is 15.3. The van der Waals surface area contributed by atoms with Crippen molar-refractivity contribution < 1.29 is 21.6 Å². The minimum atomic E-state index is -4.42. The number of benzene rings is 1. The molecule has 0 radical (unpaired) electrons. The number of hydrogen-bond acceptors (Lipinski definition) is 3. The van der Waals surface area contributed by atoms with Crippen LogP contribution in [0.4, 0.5) is 18.9 Å². The standard InChI is InChI=1S/C9H10BrF3N2O2S/c10-7-5-6(9(11,12)13)1-2-8(7)15-3-4-18(14,16)17/h1-2,5,15H,3-4H2,(H2,14,16,17). The number of primary sulfonamides is 1. The molecule has 9 heteroatoms. The van der Waals surface area contributed by atoms with E-state index in [-0.39, 0.29) is 16.8 Å². The van der Waals surface area contributed by atoms with Gasteiger partial charge in [-0.05, 0) is 34.1 Å². The van der Waals surface area contributed by atoms with Gasteiger partial charge in [0.2, 0.25) is 10.0 Å². The van der Waals surface area contributed by atoms with E-state index in [9.17, 15) is 21.6 Å². The molecule has 1 rings (SSSR count). The van der Waals surface area contributed by atoms with Gasteiger partial charge in [-0.1, -0.05) is 0 Å². The average Bonchev–Trinajstić information content (AvgIpc) is 2.17. The number of sulfonamides is 1. The second-order valence-electron chi connectivity index (χ2n) is 3.49. The molecule has 0 fully saturated rings. The van der Waals surface area contributed by atoms with Crippen LogP contribution in [-0.2, 0) is 16.2 Å². The van der Waals surface area contributed by atoms with Gasteiger partial charge in [0.05, 0.1) is 11.3 Å². The quantitative estimate of drug-likeness (QED) is 0.877. The first-order chi connectivity index (χ1) is 8.09. The SMILES string of the molecule is NS(=O)(=O)CCNc1ccc(C(F)(F)F)cc1Br. The zero-order valence-corrected chi connectivity index (χ0v) is 11.4. The maximum absolute atomic E-state index is 12.4. The van der Waals surface area contributed by atoms with Crippen LogP contribution in [-0.4, -0.2) is 20.7 Å². The Kier molecular flexibility index (Phi) is 4.62. The highest BCUT2D eigenvalue weighted by molar-refractivity contribution is 9.10. The van der Waals surface area contributed by atoms with Crippen LogP contribution in [0.2, 0.25) is 0 Å². The van der Waals surface area contributed by atoms with Crippen molar-refractivity contribution >= 4 is 31.6 Å². The lowest BCUT2D eigenvalue weighted by molar-refractivity contribution is -0.137. The molecule has 0 bridgehead atoms. The van der Waals surface area contributed by atoms with Crippen molar-refractivity contribution in [3.8, 4) is 0 Å². The van der Waals surface area contributed by atoms with Gasteiger partial charge in [0.1, 0.15) is 0 Å². The normalized spacial score (nSPS) is 12.5. The fourth-order valence-electron chi connectivity index (χ4n) is 1.16. The lowest BCUT2D eigenvalue weighted by Gasteiger charge is -2.11. The van der Waals surface area contributed by atoms with Gasteiger partial charge >= 0.3 is 6.18 Å². The smallest absolute Gasteiger partial charge is 0.383 e. The van der Waals surface area contributed by atoms with Crippen LogP contribution in [0.1, 0.15) is 5.56 Å². The van der Waals surface area contributed by atoms with E-state index in [1.54, 1.807) is 0 Å². The zero-order valence-electron chi connectivity index (χ0n) is 8.96. The number of hydrogen-bond donors (Lipinski definition) is 2. The molecular formula is C9H10BrF3N2O2S. The van der Waals surface area contributed by atoms with Crippen LogP contribution in [0, 0.1) is 0 Å². The summed E-state index contributed by atoms with van der Waals surface area (Å²) in [5, 5.41) is 7.47. The van der Waals surface area contributed by atoms with E-state index in [2.05, 4.69) is 21.2 Å². The first-order valence-electron chi connectivity index (χ1n) is 4.71. The fraction of sp³-hybridized carbons (Fsp3) is 0.333. The highest BCUT2D eigenvalue weighted by atomic mass is 79.9. The molecule has 0 heterocycles. The number of rotatable bonds is 4. The van der Waals surface area contributed by atoms with E-state index >= 15 is 0 Å². The largest absolute Gasteiger partial charge is 0.416 e. The Morgan fingerprint density at radius 2 is 1.94 bits per heavy atom. The van der Waals surface area contributed by atoms with Gasteiger partial charge in [0.25, 0.3) is 0 Å². The Hall–Kier alpha value is -0.800. The van der Waals surface area contributed by atoms with Crippen molar-refractivity contribution in [3.05, 3.63) is 28.2 Å². The predicted octanol–water partition coefficient (Wildman–Crippen LogP) is 2.17. The average molecular weight is 347 g/mol. The summed E-state index contributed by atoms with van der Waals surface area (Å²) >= 11 is 2.98. The summed E-state index contributed by atoms with van der Waals surface area (Å²) in [6.07, 6.45) is -4.42. The molecule has 0 saturated heterocycles. The van der Waals surface area contributed by atoms with Crippen molar-refractivity contribution in [2.75, 3.05) is 17.6 Å². The van der Waals surface area contributed by atoms with Crippen molar-refractivity contribution in [1.29, 1.82) is 0 Å². The second kappa shape index (κ2) is 5.45. The first-order valence-corrected chi connectivity index (χ1v) is 7.21. The molecule has 0 amide bonds. The maximum Gasteiger partial charge on any atom is 0.416 e. The minimum absolute atomic E-state index is 0.0167. The molecule has 0 spiro atoms. The molecule has 1 aromatic carbocycles. The van der Waals surface area contributed by atoms with Gasteiger partial charge in [-0.3, -0.25) is 0 Å². The van der Waals surface area contributed by atoms with E-state index in [0.717, 1.165) is 12.1 Å². The molecule has 18 heavy (non-hydrogen) atoms. The second-order valence-corrected chi connectivity index (χ2v) is 6.07. The zero-order chi connectivity index (χ0) is 14.0. The Balaban J connectivity index is 2.75. The van der Waals surface area contributed by atoms with Gasteiger partial charge in [0.15, 0.2) is 0 Å². The summed E-state index contributed by atoms with van der Waals surface area (Å²) in [7, 11) is -3.60. The van der Waals surface area contributed by atoms with Crippen molar-refractivity contribution in [2.24, 2.45) is 5.14 Å². The minimum Gasteiger partial charge on any atom is -0.383 e. The third-order valence-electron chi connectivity index (χ3n) is 2.00. The van der Waals surface area contributed by atoms with Crippen LogP contribution in [0.5, 0.6) is 0 Å². The number of anilines is 1. The van der Waals surface area contributed by atoms with Crippen LogP contribution < -0.4 is 10.5 Å². The molecule has 0 atom stereocenters. The Morgan fingerprint density at radius 1 is 1.33 bits per heavy atom. The highest BCUT2D eigenvalue weighted by Gasteiger charge is 2.30. The molecule has 0 aliphatic rings. The van der Waals surface area contributed by atoms with Gasteiger partial charge in [-0.25, -0.2) is 13.6 Å². The maximum atomic E-state index is 12.4. The number of nitrogens with one attached hydrogen (secondary N) is 1. The van der Waals surface area contributed by atoms with Crippen LogP contribution in [0.15, 0.2) is 22.7 Å². The highest BCUT2D eigenvalue weighted by Crippen LogP contribution is 2.33. The molecular weight excluding hydrogens is 337 g/mol. The summed E-state index contributed by atoms with van der Waals surface area (Å²) in [5.74, 6) is -0.305. The summed E-state index contributed by atoms with van der Waals surface area (Å²) in [5.41, 5.74) is -0.418. The van der Waals surface area contributed by atoms with Gasteiger partial charge in [-0.2, -0.15) is 13.2 Å². The molecule has 0 unspecified atom stereocenters. The fourth-order valence-corrected chi connectivity index (χ4v) is 2.07. The molecule has 0 aromatic heterocycles. The van der Waals surface area contributed by atoms with Gasteiger partial charge < -0.3 is 5.32 Å². The number of alkyl halides is 3. The van der Waals surface area contributed by atoms with E-state index in [4.69, 9.17) is 5.14 Å². The van der Waals surface area contributed by atoms with Crippen LogP contribution in [0.3, 0.4) is 0 Å². The van der Waals surface area contributed by atoms with Crippen molar-refractivity contribution in [3.63, 3.8) is 0 Å². The summed E-state index contributed by atoms with van der Waals surface area (Å²) in [6, 6.07) is 3.04. The lowest BCUT2D eigenvalue weighted by Crippen LogP contribution is -2.22. The molecule has 0 aliphatic carbocycles. The topological polar surface area (TPSA) is 72.2 Å². The Bertz CT molecular complexity index is 531. The van der Waals surface area contributed by atoms with Gasteiger partial charge in [0, 0.05) is 16.7 Å². The van der Waals surface area contributed by atoms with E-state index in [0.29, 0.717) is 5.69 Å². The summed E-state index contributed by atoms with van der Waals surface area (Å²) < 4.78 is 58.7. The molecule has 0 saturated carbocycles. The Morgan fingerprint density at radius 3 is 2.39 bits per heavy atom. The number of nitrogens with two attached hydrogens (primary N) is 1. The lowest BCUT2D eigenvalue weighted by atomic mass is 10.2. The van der Waals surface area contributed by atoms with Crippen LogP contribution >= 0.6 is 15.9 Å². The Labute approximate surface area is 111 Å². The predicted molar refractivity (Wildman–Crippen MR) is 65.6 cm³/mol. The monoisotopic (exact) mass is 346 g/mol. The van der Waals surface area contributed by atoms with Crippen LogP contribution in [0.25, 0.3) is 0 Å². The van der Waals surface area contributed by atoms with E-state index in [1.807, 2.05) is 0 Å². The molecule has 3 N–H and O–H groups in total.